The monoisotopic (exact) mass is 269 g/mol. The second kappa shape index (κ2) is 5.81. The molecule has 1 aliphatic rings. The third kappa shape index (κ3) is 3.09. The molecule has 1 fully saturated rings. The summed E-state index contributed by atoms with van der Waals surface area (Å²) in [6.07, 6.45) is 3.54. The molecule has 1 aromatic carbocycles. The Morgan fingerprint density at radius 1 is 1.33 bits per heavy atom. The Hall–Kier alpha value is -0.930. The van der Waals surface area contributed by atoms with Crippen LogP contribution in [-0.4, -0.2) is 11.8 Å². The number of carbonyl (C=O) groups is 1. The molecule has 2 N–H and O–H groups in total. The zero-order valence-electron chi connectivity index (χ0n) is 10.2. The van der Waals surface area contributed by atoms with Crippen LogP contribution < -0.4 is 5.73 Å². The van der Waals surface area contributed by atoms with Crippen LogP contribution in [0.15, 0.2) is 18.2 Å². The predicted molar refractivity (Wildman–Crippen MR) is 70.1 cm³/mol. The summed E-state index contributed by atoms with van der Waals surface area (Å²) in [7, 11) is 0. The largest absolute Gasteiger partial charge is 0.328 e. The maximum absolute atomic E-state index is 13.7. The molecule has 18 heavy (non-hydrogen) atoms. The summed E-state index contributed by atoms with van der Waals surface area (Å²) in [5.41, 5.74) is 6.20. The average molecular weight is 270 g/mol. The highest BCUT2D eigenvalue weighted by Gasteiger charge is 2.25. The van der Waals surface area contributed by atoms with E-state index in [1.165, 1.54) is 6.07 Å². The lowest BCUT2D eigenvalue weighted by molar-refractivity contribution is -0.123. The smallest absolute Gasteiger partial charge is 0.145 e. The molecule has 0 aromatic heterocycles. The first-order valence-corrected chi connectivity index (χ1v) is 6.67. The first kappa shape index (κ1) is 13.5. The van der Waals surface area contributed by atoms with Gasteiger partial charge in [0.1, 0.15) is 11.6 Å². The number of benzene rings is 1. The standard InChI is InChI=1S/C14H17ClFNO/c15-12-3-1-2-10(14(12)16)8-13(18)9-4-6-11(17)7-5-9/h1-3,9,11H,4-8,17H2. The van der Waals surface area contributed by atoms with Gasteiger partial charge in [0, 0.05) is 18.4 Å². The van der Waals surface area contributed by atoms with E-state index in [9.17, 15) is 9.18 Å². The number of carbonyl (C=O) groups excluding carboxylic acids is 1. The molecule has 0 bridgehead atoms. The minimum Gasteiger partial charge on any atom is -0.328 e. The quantitative estimate of drug-likeness (QED) is 0.916. The lowest BCUT2D eigenvalue weighted by Crippen LogP contribution is -2.30. The maximum atomic E-state index is 13.7. The summed E-state index contributed by atoms with van der Waals surface area (Å²) in [5.74, 6) is -0.341. The predicted octanol–water partition coefficient (Wildman–Crippen LogP) is 3.11. The van der Waals surface area contributed by atoms with E-state index >= 15 is 0 Å². The van der Waals surface area contributed by atoms with Crippen molar-refractivity contribution in [1.29, 1.82) is 0 Å². The summed E-state index contributed by atoms with van der Waals surface area (Å²) in [6, 6.07) is 5.00. The second-order valence-electron chi connectivity index (χ2n) is 4.97. The van der Waals surface area contributed by atoms with E-state index in [4.69, 9.17) is 17.3 Å². The minimum absolute atomic E-state index is 0.0307. The van der Waals surface area contributed by atoms with E-state index in [0.29, 0.717) is 5.56 Å². The highest BCUT2D eigenvalue weighted by atomic mass is 35.5. The van der Waals surface area contributed by atoms with Gasteiger partial charge in [-0.1, -0.05) is 23.7 Å². The molecule has 2 nitrogen and oxygen atoms in total. The fourth-order valence-corrected chi connectivity index (χ4v) is 2.65. The van der Waals surface area contributed by atoms with Gasteiger partial charge in [0.05, 0.1) is 5.02 Å². The molecule has 4 heteroatoms. The van der Waals surface area contributed by atoms with Gasteiger partial charge < -0.3 is 5.73 Å². The Bertz CT molecular complexity index is 441. The maximum Gasteiger partial charge on any atom is 0.145 e. The van der Waals surface area contributed by atoms with Crippen LogP contribution in [0.1, 0.15) is 31.2 Å². The van der Waals surface area contributed by atoms with Crippen LogP contribution in [0.5, 0.6) is 0 Å². The third-order valence-corrected chi connectivity index (χ3v) is 3.92. The number of halogens is 2. The zero-order valence-corrected chi connectivity index (χ0v) is 10.9. The van der Waals surface area contributed by atoms with E-state index in [-0.39, 0.29) is 29.2 Å². The van der Waals surface area contributed by atoms with Crippen molar-refractivity contribution in [2.45, 2.75) is 38.1 Å². The Kier molecular flexibility index (Phi) is 4.36. The highest BCUT2D eigenvalue weighted by molar-refractivity contribution is 6.30. The molecular formula is C14H17ClFNO. The first-order chi connectivity index (χ1) is 8.58. The molecule has 0 heterocycles. The van der Waals surface area contributed by atoms with E-state index in [0.717, 1.165) is 25.7 Å². The lowest BCUT2D eigenvalue weighted by atomic mass is 9.82. The van der Waals surface area contributed by atoms with Gasteiger partial charge in [-0.25, -0.2) is 4.39 Å². The van der Waals surface area contributed by atoms with Crippen molar-refractivity contribution >= 4 is 17.4 Å². The van der Waals surface area contributed by atoms with Gasteiger partial charge in [-0.2, -0.15) is 0 Å². The summed E-state index contributed by atoms with van der Waals surface area (Å²) in [5, 5.41) is 0.0750. The second-order valence-corrected chi connectivity index (χ2v) is 5.37. The number of rotatable bonds is 3. The molecule has 0 unspecified atom stereocenters. The first-order valence-electron chi connectivity index (χ1n) is 6.29. The molecule has 1 aliphatic carbocycles. The van der Waals surface area contributed by atoms with Gasteiger partial charge >= 0.3 is 0 Å². The van der Waals surface area contributed by atoms with Crippen LogP contribution in [0.2, 0.25) is 5.02 Å². The minimum atomic E-state index is -0.472. The van der Waals surface area contributed by atoms with Gasteiger partial charge in [0.15, 0.2) is 0 Å². The summed E-state index contributed by atoms with van der Waals surface area (Å²) in [6.45, 7) is 0. The van der Waals surface area contributed by atoms with Crippen LogP contribution in [0.25, 0.3) is 0 Å². The van der Waals surface area contributed by atoms with Crippen molar-refractivity contribution in [2.24, 2.45) is 11.7 Å². The van der Waals surface area contributed by atoms with Gasteiger partial charge in [0.2, 0.25) is 0 Å². The van der Waals surface area contributed by atoms with Gasteiger partial charge in [-0.05, 0) is 37.3 Å². The van der Waals surface area contributed by atoms with Gasteiger partial charge in [0.25, 0.3) is 0 Å². The number of hydrogen-bond acceptors (Lipinski definition) is 2. The van der Waals surface area contributed by atoms with Crippen LogP contribution in [-0.2, 0) is 11.2 Å². The summed E-state index contributed by atoms with van der Waals surface area (Å²) >= 11 is 5.70. The van der Waals surface area contributed by atoms with Crippen LogP contribution in [0.3, 0.4) is 0 Å². The van der Waals surface area contributed by atoms with Crippen molar-refractivity contribution in [3.8, 4) is 0 Å². The Morgan fingerprint density at radius 2 is 2.00 bits per heavy atom. The van der Waals surface area contributed by atoms with E-state index in [2.05, 4.69) is 0 Å². The Labute approximate surface area is 111 Å². The molecule has 0 saturated heterocycles. The Morgan fingerprint density at radius 3 is 2.67 bits per heavy atom. The van der Waals surface area contributed by atoms with E-state index < -0.39 is 5.82 Å². The molecule has 0 amide bonds. The van der Waals surface area contributed by atoms with E-state index in [1.807, 2.05) is 0 Å². The zero-order chi connectivity index (χ0) is 13.1. The topological polar surface area (TPSA) is 43.1 Å². The van der Waals surface area contributed by atoms with Crippen molar-refractivity contribution in [1.82, 2.24) is 0 Å². The fourth-order valence-electron chi connectivity index (χ4n) is 2.46. The number of nitrogens with two attached hydrogens (primary N) is 1. The van der Waals surface area contributed by atoms with Gasteiger partial charge in [-0.3, -0.25) is 4.79 Å². The molecule has 0 spiro atoms. The van der Waals surface area contributed by atoms with Crippen molar-refractivity contribution in [3.05, 3.63) is 34.6 Å². The van der Waals surface area contributed by atoms with E-state index in [1.54, 1.807) is 12.1 Å². The summed E-state index contributed by atoms with van der Waals surface area (Å²) < 4.78 is 13.7. The molecular weight excluding hydrogens is 253 g/mol. The van der Waals surface area contributed by atoms with Crippen LogP contribution in [0, 0.1) is 11.7 Å². The molecule has 0 radical (unpaired) electrons. The number of hydrogen-bond donors (Lipinski definition) is 1. The SMILES string of the molecule is NC1CCC(C(=O)Cc2cccc(Cl)c2F)CC1. The highest BCUT2D eigenvalue weighted by Crippen LogP contribution is 2.26. The summed E-state index contributed by atoms with van der Waals surface area (Å²) in [4.78, 5) is 12.1. The normalized spacial score (nSPS) is 23.9. The van der Waals surface area contributed by atoms with Crippen LogP contribution in [0.4, 0.5) is 4.39 Å². The molecule has 0 atom stereocenters. The van der Waals surface area contributed by atoms with Crippen molar-refractivity contribution in [2.75, 3.05) is 0 Å². The molecule has 0 aliphatic heterocycles. The molecule has 2 rings (SSSR count). The van der Waals surface area contributed by atoms with Crippen LogP contribution >= 0.6 is 11.6 Å². The number of ketones is 1. The third-order valence-electron chi connectivity index (χ3n) is 3.62. The van der Waals surface area contributed by atoms with Crippen molar-refractivity contribution < 1.29 is 9.18 Å². The lowest BCUT2D eigenvalue weighted by Gasteiger charge is -2.25. The molecule has 98 valence electrons. The Balaban J connectivity index is 2.01. The van der Waals surface area contributed by atoms with Gasteiger partial charge in [-0.15, -0.1) is 0 Å². The molecule has 1 aromatic rings. The van der Waals surface area contributed by atoms with Crippen molar-refractivity contribution in [3.63, 3.8) is 0 Å². The average Bonchev–Trinajstić information content (AvgIpc) is 2.36. The molecule has 1 saturated carbocycles. The fraction of sp³-hybridized carbons (Fsp3) is 0.500. The number of Topliss-reactive ketones (excluding diaryl/α,β-unsaturated/α-hetero) is 1.